The quantitative estimate of drug-likeness (QED) is 0.511. The van der Waals surface area contributed by atoms with E-state index in [1.807, 2.05) is 13.8 Å². The Kier molecular flexibility index (Phi) is 8.15. The summed E-state index contributed by atoms with van der Waals surface area (Å²) in [5, 5.41) is 21.8. The summed E-state index contributed by atoms with van der Waals surface area (Å²) in [7, 11) is 0. The lowest BCUT2D eigenvalue weighted by atomic mass is 10.1. The maximum Gasteiger partial charge on any atom is 0.308 e. The lowest BCUT2D eigenvalue weighted by Gasteiger charge is -2.16. The molecular formula is C11H23NO4. The predicted octanol–water partition coefficient (Wildman–Crippen LogP) is -0.0930. The van der Waals surface area contributed by atoms with Gasteiger partial charge in [-0.15, -0.1) is 0 Å². The van der Waals surface area contributed by atoms with Crippen molar-refractivity contribution in [3.63, 3.8) is 0 Å². The summed E-state index contributed by atoms with van der Waals surface area (Å²) in [6, 6.07) is 0. The SMILES string of the molecule is CCOC(=O)CC(O)CNCC(O)C(C)C. The third kappa shape index (κ3) is 7.62. The first kappa shape index (κ1) is 15.3. The molecule has 0 saturated carbocycles. The lowest BCUT2D eigenvalue weighted by Crippen LogP contribution is -2.36. The van der Waals surface area contributed by atoms with Crippen molar-refractivity contribution in [1.29, 1.82) is 0 Å². The molecule has 0 amide bonds. The molecule has 0 aromatic rings. The van der Waals surface area contributed by atoms with Crippen molar-refractivity contribution in [2.75, 3.05) is 19.7 Å². The second-order valence-electron chi connectivity index (χ2n) is 4.13. The Balaban J connectivity index is 3.57. The van der Waals surface area contributed by atoms with Gasteiger partial charge in [-0.25, -0.2) is 0 Å². The van der Waals surface area contributed by atoms with Crippen molar-refractivity contribution >= 4 is 5.97 Å². The second kappa shape index (κ2) is 8.50. The van der Waals surface area contributed by atoms with Crippen LogP contribution in [-0.2, 0) is 9.53 Å². The monoisotopic (exact) mass is 233 g/mol. The van der Waals surface area contributed by atoms with Gasteiger partial charge >= 0.3 is 5.97 Å². The van der Waals surface area contributed by atoms with Crippen LogP contribution in [0.1, 0.15) is 27.2 Å². The summed E-state index contributed by atoms with van der Waals surface area (Å²) in [5.41, 5.74) is 0. The van der Waals surface area contributed by atoms with Crippen LogP contribution >= 0.6 is 0 Å². The van der Waals surface area contributed by atoms with Crippen molar-refractivity contribution < 1.29 is 19.7 Å². The molecule has 0 aromatic carbocycles. The van der Waals surface area contributed by atoms with E-state index in [4.69, 9.17) is 4.74 Å². The van der Waals surface area contributed by atoms with Crippen LogP contribution < -0.4 is 5.32 Å². The van der Waals surface area contributed by atoms with Gasteiger partial charge in [0.2, 0.25) is 0 Å². The highest BCUT2D eigenvalue weighted by molar-refractivity contribution is 5.69. The summed E-state index contributed by atoms with van der Waals surface area (Å²) < 4.78 is 4.70. The molecule has 0 heterocycles. The number of hydrogen-bond acceptors (Lipinski definition) is 5. The van der Waals surface area contributed by atoms with Crippen molar-refractivity contribution in [2.45, 2.75) is 39.4 Å². The van der Waals surface area contributed by atoms with Gasteiger partial charge < -0.3 is 20.3 Å². The van der Waals surface area contributed by atoms with Crippen LogP contribution in [0, 0.1) is 5.92 Å². The van der Waals surface area contributed by atoms with Crippen molar-refractivity contribution in [2.24, 2.45) is 5.92 Å². The highest BCUT2D eigenvalue weighted by Crippen LogP contribution is 1.99. The molecule has 3 N–H and O–H groups in total. The smallest absolute Gasteiger partial charge is 0.308 e. The molecule has 5 heteroatoms. The molecule has 0 rings (SSSR count). The number of ether oxygens (including phenoxy) is 1. The number of aliphatic hydroxyl groups is 2. The number of carbonyl (C=O) groups excluding carboxylic acids is 1. The first-order valence-electron chi connectivity index (χ1n) is 5.69. The molecule has 16 heavy (non-hydrogen) atoms. The minimum Gasteiger partial charge on any atom is -0.466 e. The maximum absolute atomic E-state index is 11.0. The first-order valence-corrected chi connectivity index (χ1v) is 5.69. The number of nitrogens with one attached hydrogen (secondary N) is 1. The van der Waals surface area contributed by atoms with Gasteiger partial charge in [-0.1, -0.05) is 13.8 Å². The summed E-state index contributed by atoms with van der Waals surface area (Å²) in [5.74, 6) is -0.226. The number of rotatable bonds is 8. The van der Waals surface area contributed by atoms with E-state index in [0.29, 0.717) is 13.2 Å². The largest absolute Gasteiger partial charge is 0.466 e. The maximum atomic E-state index is 11.0. The Morgan fingerprint density at radius 2 is 1.94 bits per heavy atom. The van der Waals surface area contributed by atoms with E-state index in [9.17, 15) is 15.0 Å². The molecule has 96 valence electrons. The van der Waals surface area contributed by atoms with E-state index in [-0.39, 0.29) is 18.9 Å². The zero-order valence-electron chi connectivity index (χ0n) is 10.3. The highest BCUT2D eigenvalue weighted by atomic mass is 16.5. The molecule has 0 radical (unpaired) electrons. The summed E-state index contributed by atoms with van der Waals surface area (Å²) in [6.45, 7) is 6.58. The molecule has 0 aliphatic heterocycles. The molecule has 0 bridgehead atoms. The minimum atomic E-state index is -0.765. The van der Waals surface area contributed by atoms with Crippen molar-refractivity contribution in [3.8, 4) is 0 Å². The van der Waals surface area contributed by atoms with E-state index in [1.165, 1.54) is 0 Å². The Labute approximate surface area is 96.8 Å². The number of carbonyl (C=O) groups is 1. The normalized spacial score (nSPS) is 14.9. The molecule has 2 unspecified atom stereocenters. The lowest BCUT2D eigenvalue weighted by molar-refractivity contribution is -0.145. The molecule has 0 fully saturated rings. The van der Waals surface area contributed by atoms with E-state index >= 15 is 0 Å². The van der Waals surface area contributed by atoms with Crippen LogP contribution in [0.5, 0.6) is 0 Å². The van der Waals surface area contributed by atoms with Crippen LogP contribution in [0.15, 0.2) is 0 Å². The Bertz CT molecular complexity index is 196. The van der Waals surface area contributed by atoms with Gasteiger partial charge in [-0.3, -0.25) is 4.79 Å². The molecule has 0 aliphatic rings. The third-order valence-corrected chi connectivity index (χ3v) is 2.21. The zero-order valence-corrected chi connectivity index (χ0v) is 10.3. The fourth-order valence-electron chi connectivity index (χ4n) is 1.12. The average molecular weight is 233 g/mol. The molecule has 0 aromatic heterocycles. The summed E-state index contributed by atoms with van der Waals surface area (Å²) in [4.78, 5) is 11.0. The zero-order chi connectivity index (χ0) is 12.6. The Morgan fingerprint density at radius 3 is 2.44 bits per heavy atom. The van der Waals surface area contributed by atoms with E-state index in [2.05, 4.69) is 5.32 Å². The van der Waals surface area contributed by atoms with Crippen LogP contribution in [0.2, 0.25) is 0 Å². The number of hydrogen-bond donors (Lipinski definition) is 3. The van der Waals surface area contributed by atoms with Crippen molar-refractivity contribution in [3.05, 3.63) is 0 Å². The standard InChI is InChI=1S/C11H23NO4/c1-4-16-11(15)5-9(13)6-12-7-10(14)8(2)3/h8-10,12-14H,4-7H2,1-3H3. The highest BCUT2D eigenvalue weighted by Gasteiger charge is 2.13. The van der Waals surface area contributed by atoms with Gasteiger partial charge in [0.05, 0.1) is 25.2 Å². The van der Waals surface area contributed by atoms with Gasteiger partial charge in [0.1, 0.15) is 0 Å². The summed E-state index contributed by atoms with van der Waals surface area (Å²) in [6.07, 6.45) is -1.22. The number of aliphatic hydroxyl groups excluding tert-OH is 2. The van der Waals surface area contributed by atoms with Crippen molar-refractivity contribution in [1.82, 2.24) is 5.32 Å². The van der Waals surface area contributed by atoms with Gasteiger partial charge in [-0.2, -0.15) is 0 Å². The topological polar surface area (TPSA) is 78.8 Å². The van der Waals surface area contributed by atoms with E-state index in [1.54, 1.807) is 6.92 Å². The molecule has 5 nitrogen and oxygen atoms in total. The first-order chi connectivity index (χ1) is 7.47. The average Bonchev–Trinajstić information content (AvgIpc) is 2.17. The molecular weight excluding hydrogens is 210 g/mol. The summed E-state index contributed by atoms with van der Waals surface area (Å²) >= 11 is 0. The number of esters is 1. The van der Waals surface area contributed by atoms with Gasteiger partial charge in [0.25, 0.3) is 0 Å². The molecule has 0 saturated heterocycles. The van der Waals surface area contributed by atoms with Gasteiger partial charge in [0, 0.05) is 13.1 Å². The fraction of sp³-hybridized carbons (Fsp3) is 0.909. The van der Waals surface area contributed by atoms with Gasteiger partial charge in [0.15, 0.2) is 0 Å². The molecule has 2 atom stereocenters. The molecule has 0 aliphatic carbocycles. The van der Waals surface area contributed by atoms with Crippen LogP contribution in [0.3, 0.4) is 0 Å². The fourth-order valence-corrected chi connectivity index (χ4v) is 1.12. The third-order valence-electron chi connectivity index (χ3n) is 2.21. The van der Waals surface area contributed by atoms with E-state index < -0.39 is 18.2 Å². The molecule has 0 spiro atoms. The van der Waals surface area contributed by atoms with Crippen LogP contribution in [-0.4, -0.2) is 48.1 Å². The second-order valence-corrected chi connectivity index (χ2v) is 4.13. The Hall–Kier alpha value is -0.650. The Morgan fingerprint density at radius 1 is 1.31 bits per heavy atom. The van der Waals surface area contributed by atoms with Crippen LogP contribution in [0.25, 0.3) is 0 Å². The predicted molar refractivity (Wildman–Crippen MR) is 61.0 cm³/mol. The van der Waals surface area contributed by atoms with Gasteiger partial charge in [-0.05, 0) is 12.8 Å². The van der Waals surface area contributed by atoms with Crippen LogP contribution in [0.4, 0.5) is 0 Å². The minimum absolute atomic E-state index is 0.0153. The van der Waals surface area contributed by atoms with E-state index in [0.717, 1.165) is 0 Å².